The molecule has 1 N–H and O–H groups in total. The third kappa shape index (κ3) is 6.34. The van der Waals surface area contributed by atoms with Gasteiger partial charge in [-0.15, -0.1) is 0 Å². The molecule has 1 aromatic carbocycles. The number of hydrogen-bond acceptors (Lipinski definition) is 9. The van der Waals surface area contributed by atoms with Crippen molar-refractivity contribution in [3.05, 3.63) is 72.1 Å². The van der Waals surface area contributed by atoms with Crippen LogP contribution in [0.25, 0.3) is 22.3 Å². The molecule has 0 unspecified atom stereocenters. The first-order valence-corrected chi connectivity index (χ1v) is 15.9. The maximum Gasteiger partial charge on any atom is 0.274 e. The Morgan fingerprint density at radius 1 is 1.05 bits per heavy atom. The molecule has 0 aliphatic carbocycles. The van der Waals surface area contributed by atoms with Crippen LogP contribution in [-0.2, 0) is 21.1 Å². The van der Waals surface area contributed by atoms with Crippen molar-refractivity contribution in [2.75, 3.05) is 23.7 Å². The Hall–Kier alpha value is -4.23. The number of halogens is 2. The van der Waals surface area contributed by atoms with Crippen LogP contribution in [0.3, 0.4) is 0 Å². The quantitative estimate of drug-likeness (QED) is 0.332. The van der Waals surface area contributed by atoms with Gasteiger partial charge in [-0.1, -0.05) is 6.07 Å². The number of ether oxygens (including phenoxy) is 2. The summed E-state index contributed by atoms with van der Waals surface area (Å²) in [6.07, 6.45) is -2.82. The summed E-state index contributed by atoms with van der Waals surface area (Å²) in [5.74, 6) is -0.373. The van der Waals surface area contributed by atoms with Gasteiger partial charge in [-0.3, -0.25) is 9.78 Å². The predicted molar refractivity (Wildman–Crippen MR) is 160 cm³/mol. The van der Waals surface area contributed by atoms with Crippen LogP contribution in [0.4, 0.5) is 14.6 Å². The second-order valence-electron chi connectivity index (χ2n) is 11.1. The van der Waals surface area contributed by atoms with Crippen molar-refractivity contribution < 1.29 is 31.5 Å². The number of benzene rings is 1. The summed E-state index contributed by atoms with van der Waals surface area (Å²) in [7, 11) is -3.91. The summed E-state index contributed by atoms with van der Waals surface area (Å²) in [5, 5.41) is 3.55. The summed E-state index contributed by atoms with van der Waals surface area (Å²) < 4.78 is 63.0. The van der Waals surface area contributed by atoms with Crippen LogP contribution < -0.4 is 15.0 Å². The van der Waals surface area contributed by atoms with Gasteiger partial charge in [0, 0.05) is 36.7 Å². The third-order valence-corrected chi connectivity index (χ3v) is 9.33. The summed E-state index contributed by atoms with van der Waals surface area (Å²) >= 11 is 0. The molecule has 3 aromatic heterocycles. The molecule has 5 heterocycles. The average Bonchev–Trinajstić information content (AvgIpc) is 3.14. The standard InChI is InChI=1S/C31H31F2N5O5S/c1-18-16-38(17-19(2)42-18)29-5-3-4-23(37-29)24-8-6-21-14-34-22(13-25(21)36-24)15-35-31(39)20-7-9-26-28(12-20)44(40,41)11-10-27(43-26)30(32)33/h3-9,12-14,18-19,27,30H,10-11,15-17H2,1-2H3,(H,35,39)/t18-,19+,27-/m1/s1. The largest absolute Gasteiger partial charge is 0.483 e. The monoisotopic (exact) mass is 623 g/mol. The van der Waals surface area contributed by atoms with Gasteiger partial charge in [0.05, 0.1) is 47.1 Å². The number of rotatable bonds is 6. The lowest BCUT2D eigenvalue weighted by atomic mass is 10.1. The smallest absolute Gasteiger partial charge is 0.274 e. The van der Waals surface area contributed by atoms with Crippen LogP contribution in [0, 0.1) is 0 Å². The van der Waals surface area contributed by atoms with Crippen LogP contribution in [-0.4, -0.2) is 72.9 Å². The van der Waals surface area contributed by atoms with E-state index in [1.165, 1.54) is 12.1 Å². The van der Waals surface area contributed by atoms with Crippen LogP contribution in [0.5, 0.6) is 5.75 Å². The summed E-state index contributed by atoms with van der Waals surface area (Å²) in [6, 6.07) is 15.2. The highest BCUT2D eigenvalue weighted by molar-refractivity contribution is 7.91. The molecule has 1 saturated heterocycles. The molecule has 4 aromatic rings. The Bertz CT molecular complexity index is 1810. The van der Waals surface area contributed by atoms with Gasteiger partial charge < -0.3 is 19.7 Å². The highest BCUT2D eigenvalue weighted by Crippen LogP contribution is 2.33. The molecule has 0 bridgehead atoms. The van der Waals surface area contributed by atoms with E-state index in [0.29, 0.717) is 16.9 Å². The van der Waals surface area contributed by atoms with Gasteiger partial charge in [0.1, 0.15) is 16.5 Å². The number of aromatic nitrogens is 3. The number of amides is 1. The lowest BCUT2D eigenvalue weighted by Gasteiger charge is -2.36. The van der Waals surface area contributed by atoms with E-state index in [1.54, 1.807) is 12.3 Å². The molecule has 44 heavy (non-hydrogen) atoms. The van der Waals surface area contributed by atoms with E-state index in [0.717, 1.165) is 36.1 Å². The topological polar surface area (TPSA) is 124 Å². The number of fused-ring (bicyclic) bond motifs is 2. The predicted octanol–water partition coefficient (Wildman–Crippen LogP) is 4.43. The maximum atomic E-state index is 13.2. The van der Waals surface area contributed by atoms with Gasteiger partial charge in [-0.25, -0.2) is 27.2 Å². The van der Waals surface area contributed by atoms with Crippen LogP contribution in [0.15, 0.2) is 65.7 Å². The lowest BCUT2D eigenvalue weighted by Crippen LogP contribution is -2.45. The van der Waals surface area contributed by atoms with Crippen molar-refractivity contribution in [1.29, 1.82) is 0 Å². The molecular formula is C31H31F2N5O5S. The van der Waals surface area contributed by atoms with E-state index >= 15 is 0 Å². The maximum absolute atomic E-state index is 13.2. The molecule has 2 aliphatic rings. The molecule has 2 aliphatic heterocycles. The first-order valence-electron chi connectivity index (χ1n) is 14.3. The molecule has 230 valence electrons. The van der Waals surface area contributed by atoms with E-state index in [1.807, 2.05) is 44.2 Å². The molecular weight excluding hydrogens is 592 g/mol. The lowest BCUT2D eigenvalue weighted by molar-refractivity contribution is -0.00545. The minimum Gasteiger partial charge on any atom is -0.483 e. The van der Waals surface area contributed by atoms with Crippen molar-refractivity contribution in [2.24, 2.45) is 0 Å². The number of hydrogen-bond donors (Lipinski definition) is 1. The number of anilines is 1. The minimum atomic E-state index is -3.91. The number of carbonyl (C=O) groups excluding carboxylic acids is 1. The normalized spacial score (nSPS) is 21.4. The Morgan fingerprint density at radius 2 is 1.82 bits per heavy atom. The number of morpholine rings is 1. The first kappa shape index (κ1) is 29.8. The van der Waals surface area contributed by atoms with E-state index in [2.05, 4.69) is 15.2 Å². The minimum absolute atomic E-state index is 0.0512. The van der Waals surface area contributed by atoms with Crippen LogP contribution in [0.2, 0.25) is 0 Å². The fourth-order valence-electron chi connectivity index (χ4n) is 5.45. The van der Waals surface area contributed by atoms with Gasteiger partial charge in [0.25, 0.3) is 12.3 Å². The van der Waals surface area contributed by atoms with Gasteiger partial charge in [0.15, 0.2) is 15.9 Å². The SMILES string of the molecule is C[C@@H]1CN(c2cccc(-c3ccc4cnc(CNC(=O)c5ccc6c(c5)S(=O)(=O)CC[C@H](C(F)F)O6)cc4n3)n2)C[C@H](C)O1. The van der Waals surface area contributed by atoms with Crippen LogP contribution >= 0.6 is 0 Å². The third-order valence-electron chi connectivity index (χ3n) is 7.57. The molecule has 0 spiro atoms. The molecule has 0 radical (unpaired) electrons. The Balaban J connectivity index is 1.18. The number of sulfone groups is 1. The van der Waals surface area contributed by atoms with Gasteiger partial charge in [-0.05, 0) is 62.4 Å². The van der Waals surface area contributed by atoms with Crippen molar-refractivity contribution in [1.82, 2.24) is 20.3 Å². The number of carbonyl (C=O) groups is 1. The molecule has 6 rings (SSSR count). The zero-order chi connectivity index (χ0) is 31.0. The van der Waals surface area contributed by atoms with Crippen LogP contribution in [0.1, 0.15) is 36.3 Å². The zero-order valence-corrected chi connectivity index (χ0v) is 24.9. The number of alkyl halides is 2. The van der Waals surface area contributed by atoms with Crippen molar-refractivity contribution in [2.45, 2.75) is 56.4 Å². The average molecular weight is 624 g/mol. The van der Waals surface area contributed by atoms with Gasteiger partial charge in [-0.2, -0.15) is 0 Å². The Labute approximate surface area is 253 Å². The second-order valence-corrected chi connectivity index (χ2v) is 13.1. The van der Waals surface area contributed by atoms with Crippen molar-refractivity contribution in [3.63, 3.8) is 0 Å². The molecule has 13 heteroatoms. The zero-order valence-electron chi connectivity index (χ0n) is 24.1. The fraction of sp³-hybridized carbons (Fsp3) is 0.355. The highest BCUT2D eigenvalue weighted by Gasteiger charge is 2.33. The highest BCUT2D eigenvalue weighted by atomic mass is 32.2. The molecule has 0 saturated carbocycles. The van der Waals surface area contributed by atoms with E-state index in [4.69, 9.17) is 19.4 Å². The number of nitrogens with zero attached hydrogens (tertiary/aromatic N) is 4. The second kappa shape index (κ2) is 12.0. The number of nitrogens with one attached hydrogen (secondary N) is 1. The Morgan fingerprint density at radius 3 is 2.59 bits per heavy atom. The summed E-state index contributed by atoms with van der Waals surface area (Å²) in [4.78, 5) is 29.0. The van der Waals surface area contributed by atoms with Gasteiger partial charge >= 0.3 is 0 Å². The molecule has 10 nitrogen and oxygen atoms in total. The first-order chi connectivity index (χ1) is 21.1. The van der Waals surface area contributed by atoms with Crippen molar-refractivity contribution >= 4 is 32.5 Å². The summed E-state index contributed by atoms with van der Waals surface area (Å²) in [5.41, 5.74) is 2.69. The van der Waals surface area contributed by atoms with E-state index < -0.39 is 34.0 Å². The van der Waals surface area contributed by atoms with E-state index in [9.17, 15) is 22.0 Å². The molecule has 1 fully saturated rings. The summed E-state index contributed by atoms with van der Waals surface area (Å²) in [6.45, 7) is 5.65. The molecule has 3 atom stereocenters. The number of pyridine rings is 3. The molecule has 1 amide bonds. The fourth-order valence-corrected chi connectivity index (χ4v) is 6.94. The van der Waals surface area contributed by atoms with E-state index in [-0.39, 0.29) is 41.4 Å². The van der Waals surface area contributed by atoms with Gasteiger partial charge in [0.2, 0.25) is 0 Å². The Kier molecular flexibility index (Phi) is 8.16. The van der Waals surface area contributed by atoms with Crippen molar-refractivity contribution in [3.8, 4) is 17.1 Å².